The Hall–Kier alpha value is -3.21. The SMILES string of the molecule is CC1=C[C@@H]2C[C@H]1[C@@H]1C(=O)N(c3ccccc3C(=O)Nc3cccc(C)c3C)C(=O)[C@@H]12. The molecule has 2 aliphatic carbocycles. The highest BCUT2D eigenvalue weighted by atomic mass is 16.2. The van der Waals surface area contributed by atoms with E-state index in [1.807, 2.05) is 39.0 Å². The second-order valence-electron chi connectivity index (χ2n) is 8.70. The quantitative estimate of drug-likeness (QED) is 0.618. The monoisotopic (exact) mass is 400 g/mol. The van der Waals surface area contributed by atoms with Crippen LogP contribution in [0.5, 0.6) is 0 Å². The van der Waals surface area contributed by atoms with Crippen LogP contribution in [0.1, 0.15) is 34.8 Å². The minimum Gasteiger partial charge on any atom is -0.322 e. The number of aryl methyl sites for hydroxylation is 1. The van der Waals surface area contributed by atoms with Gasteiger partial charge in [-0.2, -0.15) is 0 Å². The normalized spacial score (nSPS) is 26.8. The van der Waals surface area contributed by atoms with Gasteiger partial charge >= 0.3 is 0 Å². The number of amides is 3. The van der Waals surface area contributed by atoms with E-state index in [1.165, 1.54) is 10.5 Å². The number of benzene rings is 2. The fourth-order valence-corrected chi connectivity index (χ4v) is 5.45. The van der Waals surface area contributed by atoms with E-state index in [2.05, 4.69) is 11.4 Å². The first kappa shape index (κ1) is 18.8. The maximum Gasteiger partial charge on any atom is 0.257 e. The molecular weight excluding hydrogens is 376 g/mol. The second-order valence-corrected chi connectivity index (χ2v) is 8.70. The Labute approximate surface area is 175 Å². The lowest BCUT2D eigenvalue weighted by Crippen LogP contribution is -2.34. The first-order valence-corrected chi connectivity index (χ1v) is 10.4. The van der Waals surface area contributed by atoms with E-state index in [0.29, 0.717) is 11.3 Å². The Morgan fingerprint density at radius 1 is 0.967 bits per heavy atom. The maximum absolute atomic E-state index is 13.3. The van der Waals surface area contributed by atoms with Crippen molar-refractivity contribution < 1.29 is 14.4 Å². The minimum atomic E-state index is -0.325. The zero-order chi connectivity index (χ0) is 21.2. The lowest BCUT2D eigenvalue weighted by atomic mass is 9.82. The Balaban J connectivity index is 1.49. The van der Waals surface area contributed by atoms with Crippen LogP contribution in [0.25, 0.3) is 0 Å². The molecule has 5 heteroatoms. The van der Waals surface area contributed by atoms with Crippen LogP contribution in [-0.4, -0.2) is 17.7 Å². The van der Waals surface area contributed by atoms with E-state index in [4.69, 9.17) is 0 Å². The van der Waals surface area contributed by atoms with Crippen LogP contribution in [0.15, 0.2) is 54.1 Å². The van der Waals surface area contributed by atoms with Crippen molar-refractivity contribution in [2.24, 2.45) is 23.7 Å². The zero-order valence-corrected chi connectivity index (χ0v) is 17.3. The molecule has 0 radical (unpaired) electrons. The highest BCUT2D eigenvalue weighted by Crippen LogP contribution is 2.56. The molecule has 3 aliphatic rings. The minimum absolute atomic E-state index is 0.136. The molecule has 2 aromatic carbocycles. The molecule has 3 amide bonds. The number of allylic oxidation sites excluding steroid dienone is 2. The molecule has 5 nitrogen and oxygen atoms in total. The van der Waals surface area contributed by atoms with E-state index in [0.717, 1.165) is 23.2 Å². The average molecular weight is 400 g/mol. The first-order valence-electron chi connectivity index (χ1n) is 10.4. The fraction of sp³-hybridized carbons (Fsp3) is 0.320. The molecule has 1 saturated carbocycles. The molecule has 1 N–H and O–H groups in total. The average Bonchev–Trinajstić information content (AvgIpc) is 3.36. The predicted octanol–water partition coefficient (Wildman–Crippen LogP) is 4.26. The number of nitrogens with one attached hydrogen (secondary N) is 1. The van der Waals surface area contributed by atoms with Gasteiger partial charge in [-0.25, -0.2) is 4.90 Å². The molecule has 0 spiro atoms. The molecule has 2 fully saturated rings. The lowest BCUT2D eigenvalue weighted by molar-refractivity contribution is -0.123. The number of nitrogens with zero attached hydrogens (tertiary/aromatic N) is 1. The van der Waals surface area contributed by atoms with Crippen LogP contribution in [0.4, 0.5) is 11.4 Å². The summed E-state index contributed by atoms with van der Waals surface area (Å²) in [6, 6.07) is 12.6. The van der Waals surface area contributed by atoms with Crippen LogP contribution < -0.4 is 10.2 Å². The molecule has 30 heavy (non-hydrogen) atoms. The summed E-state index contributed by atoms with van der Waals surface area (Å²) in [7, 11) is 0. The molecule has 5 rings (SSSR count). The highest BCUT2D eigenvalue weighted by molar-refractivity contribution is 6.25. The molecule has 2 bridgehead atoms. The van der Waals surface area contributed by atoms with Crippen molar-refractivity contribution in [3.8, 4) is 0 Å². The first-order chi connectivity index (χ1) is 14.4. The Morgan fingerprint density at radius 3 is 2.50 bits per heavy atom. The van der Waals surface area contributed by atoms with Crippen LogP contribution in [0, 0.1) is 37.5 Å². The highest BCUT2D eigenvalue weighted by Gasteiger charge is 2.61. The van der Waals surface area contributed by atoms with Gasteiger partial charge in [-0.15, -0.1) is 0 Å². The van der Waals surface area contributed by atoms with Crippen molar-refractivity contribution in [3.63, 3.8) is 0 Å². The Bertz CT molecular complexity index is 1130. The molecule has 1 heterocycles. The fourth-order valence-electron chi connectivity index (χ4n) is 5.45. The van der Waals surface area contributed by atoms with Gasteiger partial charge in [0.1, 0.15) is 0 Å². The standard InChI is InChI=1S/C25H24N2O3/c1-13-7-6-9-19(15(13)3)26-23(28)17-8-4-5-10-20(17)27-24(29)21-16-11-14(2)18(12-16)22(21)25(27)30/h4-11,16,18,21-22H,12H2,1-3H3,(H,26,28)/t16-,18-,21-,22+/m1/s1. The van der Waals surface area contributed by atoms with Gasteiger partial charge in [-0.05, 0) is 68.4 Å². The molecule has 1 aliphatic heterocycles. The van der Waals surface area contributed by atoms with Gasteiger partial charge in [0.2, 0.25) is 11.8 Å². The van der Waals surface area contributed by atoms with Gasteiger partial charge in [0.05, 0.1) is 23.1 Å². The van der Waals surface area contributed by atoms with Crippen LogP contribution in [0.2, 0.25) is 0 Å². The van der Waals surface area contributed by atoms with Crippen LogP contribution >= 0.6 is 0 Å². The van der Waals surface area contributed by atoms with Gasteiger partial charge < -0.3 is 5.32 Å². The third-order valence-electron chi connectivity index (χ3n) is 7.12. The Morgan fingerprint density at radius 2 is 1.70 bits per heavy atom. The van der Waals surface area contributed by atoms with Crippen molar-refractivity contribution >= 4 is 29.1 Å². The van der Waals surface area contributed by atoms with E-state index in [-0.39, 0.29) is 41.4 Å². The summed E-state index contributed by atoms with van der Waals surface area (Å²) in [6.07, 6.45) is 3.04. The van der Waals surface area contributed by atoms with Crippen molar-refractivity contribution in [1.29, 1.82) is 0 Å². The summed E-state index contributed by atoms with van der Waals surface area (Å²) in [5.41, 5.74) is 4.72. The molecule has 152 valence electrons. The number of rotatable bonds is 3. The molecular formula is C25H24N2O3. The smallest absolute Gasteiger partial charge is 0.257 e. The molecule has 0 unspecified atom stereocenters. The van der Waals surface area contributed by atoms with E-state index >= 15 is 0 Å². The number of carbonyl (C=O) groups is 3. The number of carbonyl (C=O) groups excluding carboxylic acids is 3. The number of hydrogen-bond donors (Lipinski definition) is 1. The van der Waals surface area contributed by atoms with Gasteiger partial charge in [0, 0.05) is 5.69 Å². The van der Waals surface area contributed by atoms with Gasteiger partial charge in [0.15, 0.2) is 0 Å². The summed E-state index contributed by atoms with van der Waals surface area (Å²) in [5.74, 6) is -0.960. The molecule has 0 aromatic heterocycles. The number of fused-ring (bicyclic) bond motifs is 5. The summed E-state index contributed by atoms with van der Waals surface area (Å²) in [4.78, 5) is 41.0. The molecule has 4 atom stereocenters. The lowest BCUT2D eigenvalue weighted by Gasteiger charge is -2.21. The van der Waals surface area contributed by atoms with Crippen molar-refractivity contribution in [2.75, 3.05) is 10.2 Å². The number of imide groups is 1. The van der Waals surface area contributed by atoms with Crippen molar-refractivity contribution in [3.05, 3.63) is 70.8 Å². The number of anilines is 2. The van der Waals surface area contributed by atoms with Crippen LogP contribution in [-0.2, 0) is 9.59 Å². The van der Waals surface area contributed by atoms with Crippen molar-refractivity contribution in [2.45, 2.75) is 27.2 Å². The maximum atomic E-state index is 13.3. The molecule has 2 aromatic rings. The van der Waals surface area contributed by atoms with E-state index < -0.39 is 0 Å². The van der Waals surface area contributed by atoms with E-state index in [1.54, 1.807) is 24.3 Å². The summed E-state index contributed by atoms with van der Waals surface area (Å²) in [5, 5.41) is 2.95. The predicted molar refractivity (Wildman–Crippen MR) is 115 cm³/mol. The summed E-state index contributed by atoms with van der Waals surface area (Å²) in [6.45, 7) is 5.99. The van der Waals surface area contributed by atoms with Crippen molar-refractivity contribution in [1.82, 2.24) is 0 Å². The summed E-state index contributed by atoms with van der Waals surface area (Å²) >= 11 is 0. The summed E-state index contributed by atoms with van der Waals surface area (Å²) < 4.78 is 0. The zero-order valence-electron chi connectivity index (χ0n) is 17.3. The third kappa shape index (κ3) is 2.58. The third-order valence-corrected chi connectivity index (χ3v) is 7.12. The number of para-hydroxylation sites is 1. The second kappa shape index (κ2) is 6.66. The van der Waals surface area contributed by atoms with Gasteiger partial charge in [-0.3, -0.25) is 14.4 Å². The molecule has 1 saturated heterocycles. The van der Waals surface area contributed by atoms with Gasteiger partial charge in [-0.1, -0.05) is 35.9 Å². The largest absolute Gasteiger partial charge is 0.322 e. The topological polar surface area (TPSA) is 66.5 Å². The van der Waals surface area contributed by atoms with E-state index in [9.17, 15) is 14.4 Å². The number of hydrogen-bond acceptors (Lipinski definition) is 3. The Kier molecular flexibility index (Phi) is 4.17. The van der Waals surface area contributed by atoms with Gasteiger partial charge in [0.25, 0.3) is 5.91 Å². The van der Waals surface area contributed by atoms with Crippen LogP contribution in [0.3, 0.4) is 0 Å².